The summed E-state index contributed by atoms with van der Waals surface area (Å²) >= 11 is 3.06. The molecule has 16 heavy (non-hydrogen) atoms. The highest BCUT2D eigenvalue weighted by atomic mass is 79.9. The summed E-state index contributed by atoms with van der Waals surface area (Å²) < 4.78 is 13.7. The van der Waals surface area contributed by atoms with Crippen LogP contribution in [0.15, 0.2) is 22.7 Å². The first-order valence-electron chi connectivity index (χ1n) is 4.98. The van der Waals surface area contributed by atoms with Crippen LogP contribution in [0.25, 0.3) is 0 Å². The van der Waals surface area contributed by atoms with Crippen molar-refractivity contribution in [1.82, 2.24) is 5.32 Å². The second-order valence-electron chi connectivity index (χ2n) is 3.85. The lowest BCUT2D eigenvalue weighted by Gasteiger charge is -2.07. The number of aliphatic hydroxyl groups excluding tert-OH is 1. The largest absolute Gasteiger partial charge is 0.394 e. The molecule has 1 heterocycles. The minimum absolute atomic E-state index is 0.0821. The van der Waals surface area contributed by atoms with Crippen molar-refractivity contribution in [3.05, 3.63) is 34.1 Å². The Kier molecular flexibility index (Phi) is 3.25. The standard InChI is InChI=1S/C11H11BrFNO2/c12-9-2-1-6(3-10(9)13)8-4-7(5-15)14-11(8)16/h1-3,7-8,15H,4-5H2,(H,14,16)/t7?,8-/m1/s1. The molecular formula is C11H11BrFNO2. The smallest absolute Gasteiger partial charge is 0.227 e. The van der Waals surface area contributed by atoms with E-state index < -0.39 is 0 Å². The third kappa shape index (κ3) is 2.10. The molecule has 3 nitrogen and oxygen atoms in total. The molecule has 5 heteroatoms. The van der Waals surface area contributed by atoms with Crippen molar-refractivity contribution in [3.8, 4) is 0 Å². The quantitative estimate of drug-likeness (QED) is 0.867. The number of benzene rings is 1. The first kappa shape index (κ1) is 11.5. The van der Waals surface area contributed by atoms with E-state index in [2.05, 4.69) is 21.2 Å². The van der Waals surface area contributed by atoms with Crippen molar-refractivity contribution >= 4 is 21.8 Å². The molecule has 0 bridgehead atoms. The fourth-order valence-corrected chi connectivity index (χ4v) is 2.14. The van der Waals surface area contributed by atoms with Crippen LogP contribution in [0.1, 0.15) is 17.9 Å². The molecule has 1 amide bonds. The van der Waals surface area contributed by atoms with Crippen molar-refractivity contribution in [2.75, 3.05) is 6.61 Å². The Balaban J connectivity index is 2.24. The zero-order valence-corrected chi connectivity index (χ0v) is 10.00. The van der Waals surface area contributed by atoms with Crippen LogP contribution < -0.4 is 5.32 Å². The Labute approximate surface area is 101 Å². The van der Waals surface area contributed by atoms with Crippen molar-refractivity contribution < 1.29 is 14.3 Å². The van der Waals surface area contributed by atoms with Crippen LogP contribution in [0.5, 0.6) is 0 Å². The third-order valence-corrected chi connectivity index (χ3v) is 3.39. The Morgan fingerprint density at radius 3 is 2.88 bits per heavy atom. The number of carbonyl (C=O) groups excluding carboxylic acids is 1. The van der Waals surface area contributed by atoms with Gasteiger partial charge in [-0.05, 0) is 40.0 Å². The van der Waals surface area contributed by atoms with E-state index in [0.717, 1.165) is 0 Å². The van der Waals surface area contributed by atoms with E-state index in [4.69, 9.17) is 5.11 Å². The predicted molar refractivity (Wildman–Crippen MR) is 60.5 cm³/mol. The Hall–Kier alpha value is -0.940. The molecule has 0 saturated carbocycles. The first-order chi connectivity index (χ1) is 7.61. The number of rotatable bonds is 2. The molecule has 1 aliphatic rings. The first-order valence-corrected chi connectivity index (χ1v) is 5.77. The van der Waals surface area contributed by atoms with Gasteiger partial charge in [0.2, 0.25) is 5.91 Å². The van der Waals surface area contributed by atoms with Gasteiger partial charge in [0.1, 0.15) is 5.82 Å². The minimum atomic E-state index is -0.377. The highest BCUT2D eigenvalue weighted by molar-refractivity contribution is 9.10. The summed E-state index contributed by atoms with van der Waals surface area (Å²) in [7, 11) is 0. The zero-order chi connectivity index (χ0) is 11.7. The second-order valence-corrected chi connectivity index (χ2v) is 4.70. The fraction of sp³-hybridized carbons (Fsp3) is 0.364. The molecule has 1 aromatic rings. The average molecular weight is 288 g/mol. The van der Waals surface area contributed by atoms with Crippen molar-refractivity contribution in [2.24, 2.45) is 0 Å². The van der Waals surface area contributed by atoms with Gasteiger partial charge in [-0.1, -0.05) is 6.07 Å². The molecule has 1 saturated heterocycles. The van der Waals surface area contributed by atoms with Gasteiger partial charge in [0, 0.05) is 0 Å². The third-order valence-electron chi connectivity index (χ3n) is 2.75. The molecule has 1 aliphatic heterocycles. The second kappa shape index (κ2) is 4.51. The lowest BCUT2D eigenvalue weighted by molar-refractivity contribution is -0.120. The molecule has 0 aliphatic carbocycles. The number of amides is 1. The Bertz CT molecular complexity index is 424. The van der Waals surface area contributed by atoms with E-state index >= 15 is 0 Å². The van der Waals surface area contributed by atoms with E-state index in [1.54, 1.807) is 12.1 Å². The van der Waals surface area contributed by atoms with Gasteiger partial charge in [-0.15, -0.1) is 0 Å². The van der Waals surface area contributed by atoms with Crippen LogP contribution in [-0.2, 0) is 4.79 Å². The highest BCUT2D eigenvalue weighted by Crippen LogP contribution is 2.29. The summed E-state index contributed by atoms with van der Waals surface area (Å²) in [5.74, 6) is -0.890. The highest BCUT2D eigenvalue weighted by Gasteiger charge is 2.32. The summed E-state index contributed by atoms with van der Waals surface area (Å²) in [6.07, 6.45) is 0.510. The molecule has 1 unspecified atom stereocenters. The van der Waals surface area contributed by atoms with Gasteiger partial charge in [-0.25, -0.2) is 4.39 Å². The molecule has 2 N–H and O–H groups in total. The maximum Gasteiger partial charge on any atom is 0.227 e. The lowest BCUT2D eigenvalue weighted by atomic mass is 9.96. The van der Waals surface area contributed by atoms with Crippen LogP contribution >= 0.6 is 15.9 Å². The van der Waals surface area contributed by atoms with E-state index in [0.29, 0.717) is 16.5 Å². The Morgan fingerprint density at radius 2 is 2.31 bits per heavy atom. The lowest BCUT2D eigenvalue weighted by Crippen LogP contribution is -2.28. The van der Waals surface area contributed by atoms with Crippen LogP contribution in [0.3, 0.4) is 0 Å². The summed E-state index contributed by atoms with van der Waals surface area (Å²) in [6, 6.07) is 4.44. The van der Waals surface area contributed by atoms with Crippen LogP contribution in [0.2, 0.25) is 0 Å². The van der Waals surface area contributed by atoms with Crippen molar-refractivity contribution in [3.63, 3.8) is 0 Å². The molecule has 0 spiro atoms. The van der Waals surface area contributed by atoms with Crippen LogP contribution in [0, 0.1) is 5.82 Å². The van der Waals surface area contributed by atoms with Gasteiger partial charge in [0.15, 0.2) is 0 Å². The number of hydrogen-bond acceptors (Lipinski definition) is 2. The monoisotopic (exact) mass is 287 g/mol. The van der Waals surface area contributed by atoms with E-state index in [-0.39, 0.29) is 30.3 Å². The average Bonchev–Trinajstić information content (AvgIpc) is 2.64. The van der Waals surface area contributed by atoms with Gasteiger partial charge in [-0.3, -0.25) is 4.79 Å². The molecular weight excluding hydrogens is 277 g/mol. The molecule has 0 radical (unpaired) electrons. The topological polar surface area (TPSA) is 49.3 Å². The van der Waals surface area contributed by atoms with Gasteiger partial charge in [0.05, 0.1) is 23.0 Å². The molecule has 0 aromatic heterocycles. The van der Waals surface area contributed by atoms with Crippen molar-refractivity contribution in [2.45, 2.75) is 18.4 Å². The maximum absolute atomic E-state index is 13.3. The van der Waals surface area contributed by atoms with Gasteiger partial charge in [-0.2, -0.15) is 0 Å². The zero-order valence-electron chi connectivity index (χ0n) is 8.41. The molecule has 1 aromatic carbocycles. The van der Waals surface area contributed by atoms with E-state index in [9.17, 15) is 9.18 Å². The number of nitrogens with one attached hydrogen (secondary N) is 1. The van der Waals surface area contributed by atoms with Crippen LogP contribution in [0.4, 0.5) is 4.39 Å². The molecule has 2 rings (SSSR count). The number of carbonyl (C=O) groups is 1. The van der Waals surface area contributed by atoms with E-state index in [1.165, 1.54) is 6.07 Å². The molecule has 2 atom stereocenters. The molecule has 86 valence electrons. The SMILES string of the molecule is O=C1NC(CO)C[C@@H]1c1ccc(Br)c(F)c1. The fourth-order valence-electron chi connectivity index (χ4n) is 1.89. The van der Waals surface area contributed by atoms with Gasteiger partial charge in [0.25, 0.3) is 0 Å². The summed E-state index contributed by atoms with van der Waals surface area (Å²) in [6.45, 7) is -0.0821. The molecule has 1 fully saturated rings. The normalized spacial score (nSPS) is 24.6. The van der Waals surface area contributed by atoms with E-state index in [1.807, 2.05) is 0 Å². The summed E-state index contributed by atoms with van der Waals surface area (Å²) in [4.78, 5) is 11.6. The van der Waals surface area contributed by atoms with Gasteiger partial charge < -0.3 is 10.4 Å². The number of aliphatic hydroxyl groups is 1. The van der Waals surface area contributed by atoms with Gasteiger partial charge >= 0.3 is 0 Å². The summed E-state index contributed by atoms with van der Waals surface area (Å²) in [5.41, 5.74) is 0.647. The Morgan fingerprint density at radius 1 is 1.56 bits per heavy atom. The number of hydrogen-bond donors (Lipinski definition) is 2. The van der Waals surface area contributed by atoms with Crippen molar-refractivity contribution in [1.29, 1.82) is 0 Å². The van der Waals surface area contributed by atoms with Crippen LogP contribution in [-0.4, -0.2) is 23.7 Å². The maximum atomic E-state index is 13.3. The number of halogens is 2. The summed E-state index contributed by atoms with van der Waals surface area (Å²) in [5, 5.41) is 11.6. The predicted octanol–water partition coefficient (Wildman–Crippen LogP) is 1.55. The minimum Gasteiger partial charge on any atom is -0.394 e.